The van der Waals surface area contributed by atoms with Crippen LogP contribution in [0.2, 0.25) is 5.15 Å². The summed E-state index contributed by atoms with van der Waals surface area (Å²) in [6.07, 6.45) is 2.57. The lowest BCUT2D eigenvalue weighted by atomic mass is 10.0. The highest BCUT2D eigenvalue weighted by Crippen LogP contribution is 2.16. The Bertz CT molecular complexity index is 367. The largest absolute Gasteiger partial charge is 0.305 e. The van der Waals surface area contributed by atoms with Crippen LogP contribution in [-0.4, -0.2) is 48.0 Å². The first-order chi connectivity index (χ1) is 8.15. The minimum Gasteiger partial charge on any atom is -0.305 e. The van der Waals surface area contributed by atoms with Crippen molar-refractivity contribution in [3.8, 4) is 0 Å². The van der Waals surface area contributed by atoms with Gasteiger partial charge in [-0.05, 0) is 45.6 Å². The molecule has 94 valence electrons. The van der Waals surface area contributed by atoms with Crippen molar-refractivity contribution in [2.75, 3.05) is 27.2 Å². The van der Waals surface area contributed by atoms with Crippen LogP contribution in [0.25, 0.3) is 0 Å². The standard InChI is InChI=1S/C13H20ClN3/c1-16(2)12-6-4-8-17(10-12)9-11-5-3-7-13(14)15-11/h3,5,7,12H,4,6,8-10H2,1-2H3. The average Bonchev–Trinajstić information content (AvgIpc) is 2.29. The Morgan fingerprint density at radius 1 is 1.47 bits per heavy atom. The number of nitrogens with zero attached hydrogens (tertiary/aromatic N) is 3. The Hall–Kier alpha value is -0.640. The quantitative estimate of drug-likeness (QED) is 0.771. The summed E-state index contributed by atoms with van der Waals surface area (Å²) < 4.78 is 0. The molecule has 1 aromatic heterocycles. The summed E-state index contributed by atoms with van der Waals surface area (Å²) in [5.74, 6) is 0. The summed E-state index contributed by atoms with van der Waals surface area (Å²) in [6, 6.07) is 6.51. The second-order valence-corrected chi connectivity index (χ2v) is 5.33. The van der Waals surface area contributed by atoms with E-state index in [-0.39, 0.29) is 0 Å². The van der Waals surface area contributed by atoms with E-state index in [0.29, 0.717) is 11.2 Å². The summed E-state index contributed by atoms with van der Waals surface area (Å²) >= 11 is 5.90. The number of likely N-dealkylation sites (tertiary alicyclic amines) is 1. The number of halogens is 1. The van der Waals surface area contributed by atoms with Gasteiger partial charge in [0.05, 0.1) is 5.69 Å². The zero-order valence-electron chi connectivity index (χ0n) is 10.6. The summed E-state index contributed by atoms with van der Waals surface area (Å²) in [4.78, 5) is 9.13. The molecule has 3 nitrogen and oxygen atoms in total. The lowest BCUT2D eigenvalue weighted by Crippen LogP contribution is -2.44. The zero-order valence-corrected chi connectivity index (χ0v) is 11.3. The van der Waals surface area contributed by atoms with Crippen LogP contribution in [0, 0.1) is 0 Å². The summed E-state index contributed by atoms with van der Waals surface area (Å²) in [5.41, 5.74) is 1.07. The third-order valence-corrected chi connectivity index (χ3v) is 3.58. The van der Waals surface area contributed by atoms with E-state index in [1.807, 2.05) is 18.2 Å². The van der Waals surface area contributed by atoms with E-state index in [0.717, 1.165) is 18.8 Å². The van der Waals surface area contributed by atoms with E-state index in [1.165, 1.54) is 19.4 Å². The van der Waals surface area contributed by atoms with Gasteiger partial charge in [-0.15, -0.1) is 0 Å². The molecule has 0 spiro atoms. The molecule has 0 aliphatic carbocycles. The monoisotopic (exact) mass is 253 g/mol. The van der Waals surface area contributed by atoms with Gasteiger partial charge in [0, 0.05) is 19.1 Å². The van der Waals surface area contributed by atoms with Crippen LogP contribution in [0.4, 0.5) is 0 Å². The molecule has 1 saturated heterocycles. The lowest BCUT2D eigenvalue weighted by Gasteiger charge is -2.35. The summed E-state index contributed by atoms with van der Waals surface area (Å²) in [5, 5.41) is 0.587. The fraction of sp³-hybridized carbons (Fsp3) is 0.615. The van der Waals surface area contributed by atoms with Gasteiger partial charge >= 0.3 is 0 Å². The Morgan fingerprint density at radius 2 is 2.29 bits per heavy atom. The van der Waals surface area contributed by atoms with Crippen molar-refractivity contribution in [3.05, 3.63) is 29.0 Å². The summed E-state index contributed by atoms with van der Waals surface area (Å²) in [6.45, 7) is 3.20. The van der Waals surface area contributed by atoms with E-state index < -0.39 is 0 Å². The highest BCUT2D eigenvalue weighted by molar-refractivity contribution is 6.29. The number of hydrogen-bond donors (Lipinski definition) is 0. The van der Waals surface area contributed by atoms with Crippen LogP contribution in [0.3, 0.4) is 0 Å². The van der Waals surface area contributed by atoms with Crippen molar-refractivity contribution in [1.82, 2.24) is 14.8 Å². The number of pyridine rings is 1. The second-order valence-electron chi connectivity index (χ2n) is 4.95. The molecule has 17 heavy (non-hydrogen) atoms. The maximum absolute atomic E-state index is 5.90. The highest BCUT2D eigenvalue weighted by Gasteiger charge is 2.21. The fourth-order valence-electron chi connectivity index (χ4n) is 2.36. The molecule has 4 heteroatoms. The van der Waals surface area contributed by atoms with Crippen LogP contribution in [0.15, 0.2) is 18.2 Å². The van der Waals surface area contributed by atoms with Crippen LogP contribution >= 0.6 is 11.6 Å². The Kier molecular flexibility index (Phi) is 4.37. The van der Waals surface area contributed by atoms with E-state index >= 15 is 0 Å². The van der Waals surface area contributed by atoms with Crippen LogP contribution in [0.5, 0.6) is 0 Å². The van der Waals surface area contributed by atoms with Crippen molar-refractivity contribution in [2.24, 2.45) is 0 Å². The fourth-order valence-corrected chi connectivity index (χ4v) is 2.55. The number of piperidine rings is 1. The predicted molar refractivity (Wildman–Crippen MR) is 71.2 cm³/mol. The van der Waals surface area contributed by atoms with Crippen LogP contribution < -0.4 is 0 Å². The average molecular weight is 254 g/mol. The maximum Gasteiger partial charge on any atom is 0.129 e. The van der Waals surface area contributed by atoms with Gasteiger partial charge in [0.15, 0.2) is 0 Å². The molecule has 1 fully saturated rings. The van der Waals surface area contributed by atoms with Gasteiger partial charge in [-0.2, -0.15) is 0 Å². The first kappa shape index (κ1) is 12.8. The number of hydrogen-bond acceptors (Lipinski definition) is 3. The van der Waals surface area contributed by atoms with Gasteiger partial charge in [-0.1, -0.05) is 17.7 Å². The third kappa shape index (κ3) is 3.66. The molecule has 0 radical (unpaired) electrons. The normalized spacial score (nSPS) is 22.0. The summed E-state index contributed by atoms with van der Waals surface area (Å²) in [7, 11) is 4.32. The van der Waals surface area contributed by atoms with Crippen molar-refractivity contribution in [2.45, 2.75) is 25.4 Å². The molecule has 0 amide bonds. The van der Waals surface area contributed by atoms with Crippen LogP contribution in [0.1, 0.15) is 18.5 Å². The Morgan fingerprint density at radius 3 is 3.00 bits per heavy atom. The molecule has 0 N–H and O–H groups in total. The second kappa shape index (κ2) is 5.80. The van der Waals surface area contributed by atoms with E-state index in [9.17, 15) is 0 Å². The molecule has 1 unspecified atom stereocenters. The molecule has 1 aliphatic rings. The van der Waals surface area contributed by atoms with Crippen molar-refractivity contribution < 1.29 is 0 Å². The molecular formula is C13H20ClN3. The lowest BCUT2D eigenvalue weighted by molar-refractivity contribution is 0.127. The van der Waals surface area contributed by atoms with Crippen molar-refractivity contribution in [1.29, 1.82) is 0 Å². The first-order valence-electron chi connectivity index (χ1n) is 6.15. The molecular weight excluding hydrogens is 234 g/mol. The van der Waals surface area contributed by atoms with Gasteiger partial charge in [0.2, 0.25) is 0 Å². The number of likely N-dealkylation sites (N-methyl/N-ethyl adjacent to an activating group) is 1. The van der Waals surface area contributed by atoms with E-state index in [4.69, 9.17) is 11.6 Å². The number of rotatable bonds is 3. The molecule has 1 atom stereocenters. The first-order valence-corrected chi connectivity index (χ1v) is 6.53. The minimum atomic E-state index is 0.587. The minimum absolute atomic E-state index is 0.587. The molecule has 0 bridgehead atoms. The van der Waals surface area contributed by atoms with Gasteiger partial charge in [-0.25, -0.2) is 4.98 Å². The Labute approximate surface area is 108 Å². The molecule has 2 heterocycles. The molecule has 1 aliphatic heterocycles. The molecule has 2 rings (SSSR count). The molecule has 0 saturated carbocycles. The smallest absolute Gasteiger partial charge is 0.129 e. The van der Waals surface area contributed by atoms with E-state index in [1.54, 1.807) is 0 Å². The van der Waals surface area contributed by atoms with Gasteiger partial charge in [0.25, 0.3) is 0 Å². The van der Waals surface area contributed by atoms with Crippen molar-refractivity contribution in [3.63, 3.8) is 0 Å². The Balaban J connectivity index is 1.94. The maximum atomic E-state index is 5.90. The third-order valence-electron chi connectivity index (χ3n) is 3.37. The van der Waals surface area contributed by atoms with E-state index in [2.05, 4.69) is 28.9 Å². The topological polar surface area (TPSA) is 19.4 Å². The van der Waals surface area contributed by atoms with Crippen molar-refractivity contribution >= 4 is 11.6 Å². The zero-order chi connectivity index (χ0) is 12.3. The van der Waals surface area contributed by atoms with Crippen LogP contribution in [-0.2, 0) is 6.54 Å². The SMILES string of the molecule is CN(C)C1CCCN(Cc2cccc(Cl)n2)C1. The predicted octanol–water partition coefficient (Wildman–Crippen LogP) is 2.26. The number of aromatic nitrogens is 1. The molecule has 1 aromatic rings. The highest BCUT2D eigenvalue weighted by atomic mass is 35.5. The van der Waals surface area contributed by atoms with Gasteiger partial charge in [0.1, 0.15) is 5.15 Å². The van der Waals surface area contributed by atoms with Gasteiger partial charge in [-0.3, -0.25) is 4.90 Å². The molecule has 0 aromatic carbocycles. The van der Waals surface area contributed by atoms with Gasteiger partial charge < -0.3 is 4.90 Å².